The number of amides is 1. The van der Waals surface area contributed by atoms with Gasteiger partial charge >= 0.3 is 0 Å². The molecule has 0 saturated carbocycles. The molecule has 0 radical (unpaired) electrons. The van der Waals surface area contributed by atoms with E-state index >= 15 is 0 Å². The Bertz CT molecular complexity index is 825. The second kappa shape index (κ2) is 5.32. The Balaban J connectivity index is 1.97. The zero-order valence-corrected chi connectivity index (χ0v) is 13.4. The van der Waals surface area contributed by atoms with Gasteiger partial charge in [-0.25, -0.2) is 0 Å². The molecule has 1 amide bonds. The number of ketones is 1. The molecule has 23 heavy (non-hydrogen) atoms. The molecule has 0 saturated heterocycles. The lowest BCUT2D eigenvalue weighted by Crippen LogP contribution is -2.36. The van der Waals surface area contributed by atoms with Crippen molar-refractivity contribution in [3.05, 3.63) is 64.2 Å². The minimum absolute atomic E-state index is 0.236. The molecule has 3 rings (SSSR count). The van der Waals surface area contributed by atoms with Crippen molar-refractivity contribution in [2.75, 3.05) is 5.32 Å². The lowest BCUT2D eigenvalue weighted by atomic mass is 9.86. The first-order chi connectivity index (χ1) is 10.8. The normalized spacial score (nSPS) is 19.4. The van der Waals surface area contributed by atoms with Gasteiger partial charge in [-0.15, -0.1) is 0 Å². The summed E-state index contributed by atoms with van der Waals surface area (Å²) in [6.45, 7) is 5.80. The highest BCUT2D eigenvalue weighted by Crippen LogP contribution is 2.39. The van der Waals surface area contributed by atoms with Crippen molar-refractivity contribution in [1.82, 2.24) is 0 Å². The number of hydrogen-bond donors (Lipinski definition) is 2. The number of anilines is 1. The Morgan fingerprint density at radius 2 is 1.74 bits per heavy atom. The number of rotatable bonds is 3. The highest BCUT2D eigenvalue weighted by Gasteiger charge is 2.46. The van der Waals surface area contributed by atoms with Crippen LogP contribution in [-0.4, -0.2) is 16.8 Å². The molecule has 1 heterocycles. The topological polar surface area (TPSA) is 66.4 Å². The third kappa shape index (κ3) is 2.45. The second-order valence-corrected chi connectivity index (χ2v) is 6.21. The van der Waals surface area contributed by atoms with E-state index in [9.17, 15) is 14.7 Å². The molecule has 118 valence electrons. The first-order valence-electron chi connectivity index (χ1n) is 7.57. The van der Waals surface area contributed by atoms with E-state index < -0.39 is 11.5 Å². The predicted octanol–water partition coefficient (Wildman–Crippen LogP) is 3.02. The summed E-state index contributed by atoms with van der Waals surface area (Å²) < 4.78 is 0. The zero-order chi connectivity index (χ0) is 16.8. The Labute approximate surface area is 135 Å². The van der Waals surface area contributed by atoms with Gasteiger partial charge in [0.05, 0.1) is 6.42 Å². The van der Waals surface area contributed by atoms with Crippen LogP contribution >= 0.6 is 0 Å². The molecule has 2 aromatic rings. The van der Waals surface area contributed by atoms with Crippen LogP contribution in [0.2, 0.25) is 0 Å². The third-order valence-corrected chi connectivity index (χ3v) is 4.55. The molecule has 4 heteroatoms. The summed E-state index contributed by atoms with van der Waals surface area (Å²) in [6, 6.07) is 10.7. The second-order valence-electron chi connectivity index (χ2n) is 6.21. The minimum atomic E-state index is -1.81. The van der Waals surface area contributed by atoms with Crippen LogP contribution in [0, 0.1) is 20.8 Å². The lowest BCUT2D eigenvalue weighted by molar-refractivity contribution is -0.133. The summed E-state index contributed by atoms with van der Waals surface area (Å²) in [5, 5.41) is 13.5. The summed E-state index contributed by atoms with van der Waals surface area (Å²) in [5.74, 6) is -0.784. The molecule has 0 bridgehead atoms. The fraction of sp³-hybridized carbons (Fsp3) is 0.263. The average molecular weight is 309 g/mol. The maximum atomic E-state index is 12.7. The van der Waals surface area contributed by atoms with Crippen molar-refractivity contribution >= 4 is 17.4 Å². The molecule has 0 spiro atoms. The monoisotopic (exact) mass is 309 g/mol. The van der Waals surface area contributed by atoms with Gasteiger partial charge in [0.2, 0.25) is 0 Å². The summed E-state index contributed by atoms with van der Waals surface area (Å²) in [6.07, 6.45) is -0.265. The first-order valence-corrected chi connectivity index (χ1v) is 7.57. The number of carbonyl (C=O) groups is 2. The SMILES string of the molecule is Cc1cc(C)c(C(=O)C[C@]2(O)C(=O)Nc3ccccc32)cc1C. The van der Waals surface area contributed by atoms with E-state index in [2.05, 4.69) is 5.32 Å². The smallest absolute Gasteiger partial charge is 0.261 e. The van der Waals surface area contributed by atoms with Gasteiger partial charge in [0, 0.05) is 16.8 Å². The molecule has 0 unspecified atom stereocenters. The Hall–Kier alpha value is -2.46. The van der Waals surface area contributed by atoms with Crippen molar-refractivity contribution in [2.45, 2.75) is 32.8 Å². The fourth-order valence-electron chi connectivity index (χ4n) is 3.06. The van der Waals surface area contributed by atoms with Crippen LogP contribution in [-0.2, 0) is 10.4 Å². The number of benzene rings is 2. The molecule has 2 N–H and O–H groups in total. The molecule has 2 aromatic carbocycles. The van der Waals surface area contributed by atoms with Crippen molar-refractivity contribution < 1.29 is 14.7 Å². The van der Waals surface area contributed by atoms with Crippen molar-refractivity contribution in [3.8, 4) is 0 Å². The van der Waals surface area contributed by atoms with Gasteiger partial charge in [-0.05, 0) is 49.6 Å². The van der Waals surface area contributed by atoms with Crippen LogP contribution in [0.1, 0.15) is 39.0 Å². The van der Waals surface area contributed by atoms with Crippen molar-refractivity contribution in [3.63, 3.8) is 0 Å². The molecular formula is C19H19NO3. The first kappa shape index (κ1) is 15.4. The maximum Gasteiger partial charge on any atom is 0.261 e. The minimum Gasteiger partial charge on any atom is -0.375 e. The quantitative estimate of drug-likeness (QED) is 0.857. The fourth-order valence-corrected chi connectivity index (χ4v) is 3.06. The molecule has 1 aliphatic heterocycles. The van der Waals surface area contributed by atoms with Crippen LogP contribution in [0.3, 0.4) is 0 Å². The van der Waals surface area contributed by atoms with Crippen LogP contribution in [0.5, 0.6) is 0 Å². The molecule has 0 aromatic heterocycles. The van der Waals surface area contributed by atoms with Crippen molar-refractivity contribution in [2.24, 2.45) is 0 Å². The van der Waals surface area contributed by atoms with Gasteiger partial charge < -0.3 is 10.4 Å². The van der Waals surface area contributed by atoms with Crippen LogP contribution < -0.4 is 5.32 Å². The van der Waals surface area contributed by atoms with E-state index in [4.69, 9.17) is 0 Å². The number of nitrogens with one attached hydrogen (secondary N) is 1. The summed E-state index contributed by atoms with van der Waals surface area (Å²) in [5.41, 5.74) is 2.75. The third-order valence-electron chi connectivity index (χ3n) is 4.55. The van der Waals surface area contributed by atoms with E-state index in [0.29, 0.717) is 16.8 Å². The van der Waals surface area contributed by atoms with Gasteiger partial charge in [-0.3, -0.25) is 9.59 Å². The number of para-hydroxylation sites is 1. The summed E-state index contributed by atoms with van der Waals surface area (Å²) in [4.78, 5) is 24.9. The van der Waals surface area contributed by atoms with Gasteiger partial charge in [-0.1, -0.05) is 24.3 Å². The molecule has 0 fully saturated rings. The Morgan fingerprint density at radius 1 is 1.09 bits per heavy atom. The van der Waals surface area contributed by atoms with E-state index in [1.165, 1.54) is 0 Å². The number of carbonyl (C=O) groups excluding carboxylic acids is 2. The van der Waals surface area contributed by atoms with Crippen molar-refractivity contribution in [1.29, 1.82) is 0 Å². The largest absolute Gasteiger partial charge is 0.375 e. The molecule has 1 aliphatic rings. The number of Topliss-reactive ketones (excluding diaryl/α,β-unsaturated/α-hetero) is 1. The van der Waals surface area contributed by atoms with E-state index in [-0.39, 0.29) is 12.2 Å². The molecular weight excluding hydrogens is 290 g/mol. The summed E-state index contributed by atoms with van der Waals surface area (Å²) >= 11 is 0. The van der Waals surface area contributed by atoms with E-state index in [1.807, 2.05) is 32.9 Å². The van der Waals surface area contributed by atoms with Crippen LogP contribution in [0.4, 0.5) is 5.69 Å². The van der Waals surface area contributed by atoms with Gasteiger partial charge in [-0.2, -0.15) is 0 Å². The number of aryl methyl sites for hydroxylation is 3. The van der Waals surface area contributed by atoms with Crippen LogP contribution in [0.15, 0.2) is 36.4 Å². The highest BCUT2D eigenvalue weighted by molar-refractivity contribution is 6.09. The number of aliphatic hydroxyl groups is 1. The predicted molar refractivity (Wildman–Crippen MR) is 88.6 cm³/mol. The zero-order valence-electron chi connectivity index (χ0n) is 13.4. The standard InChI is InChI=1S/C19H19NO3/c1-11-8-13(3)14(9-12(11)2)17(21)10-19(23)15-6-4-5-7-16(15)20-18(19)22/h4-9,23H,10H2,1-3H3,(H,20,22)/t19-/m1/s1. The maximum absolute atomic E-state index is 12.7. The van der Waals surface area contributed by atoms with Gasteiger partial charge in [0.1, 0.15) is 0 Å². The Morgan fingerprint density at radius 3 is 2.48 bits per heavy atom. The number of hydrogen-bond acceptors (Lipinski definition) is 3. The highest BCUT2D eigenvalue weighted by atomic mass is 16.3. The Kier molecular flexibility index (Phi) is 3.57. The summed E-state index contributed by atoms with van der Waals surface area (Å²) in [7, 11) is 0. The van der Waals surface area contributed by atoms with Gasteiger partial charge in [0.25, 0.3) is 5.91 Å². The average Bonchev–Trinajstić information content (AvgIpc) is 2.74. The number of fused-ring (bicyclic) bond motifs is 1. The molecule has 0 aliphatic carbocycles. The van der Waals surface area contributed by atoms with E-state index in [1.54, 1.807) is 24.3 Å². The van der Waals surface area contributed by atoms with Crippen LogP contribution in [0.25, 0.3) is 0 Å². The van der Waals surface area contributed by atoms with E-state index in [0.717, 1.165) is 16.7 Å². The molecule has 1 atom stereocenters. The van der Waals surface area contributed by atoms with Gasteiger partial charge in [0.15, 0.2) is 11.4 Å². The molecule has 4 nitrogen and oxygen atoms in total. The lowest BCUT2D eigenvalue weighted by Gasteiger charge is -2.20.